The Morgan fingerprint density at radius 2 is 1.90 bits per heavy atom. The number of hydrogen-bond donors (Lipinski definition) is 2. The zero-order valence-electron chi connectivity index (χ0n) is 12.9. The van der Waals surface area contributed by atoms with Crippen LogP contribution in [0.5, 0.6) is 5.75 Å². The van der Waals surface area contributed by atoms with Gasteiger partial charge in [0.05, 0.1) is 19.3 Å². The third-order valence-corrected chi connectivity index (χ3v) is 3.49. The molecule has 1 aromatic carbocycles. The first-order chi connectivity index (χ1) is 9.76. The molecule has 1 unspecified atom stereocenters. The Morgan fingerprint density at radius 3 is 2.50 bits per heavy atom. The monoisotopic (exact) mass is 280 g/mol. The van der Waals surface area contributed by atoms with Gasteiger partial charge in [0.2, 0.25) is 0 Å². The third-order valence-electron chi connectivity index (χ3n) is 3.49. The summed E-state index contributed by atoms with van der Waals surface area (Å²) in [5, 5.41) is 13.0. The van der Waals surface area contributed by atoms with Crippen molar-refractivity contribution in [2.24, 2.45) is 0 Å². The number of ether oxygens (including phenoxy) is 1. The molecule has 0 heterocycles. The van der Waals surface area contributed by atoms with Crippen molar-refractivity contribution in [3.63, 3.8) is 0 Å². The highest BCUT2D eigenvalue weighted by atomic mass is 16.5. The minimum atomic E-state index is -0.0756. The maximum atomic E-state index is 9.62. The minimum Gasteiger partial charge on any atom is -0.494 e. The molecule has 0 aromatic heterocycles. The van der Waals surface area contributed by atoms with Gasteiger partial charge < -0.3 is 20.1 Å². The normalized spacial score (nSPS) is 12.7. The molecule has 0 radical (unpaired) electrons. The van der Waals surface area contributed by atoms with Crippen LogP contribution in [0.3, 0.4) is 0 Å². The predicted octanol–water partition coefficient (Wildman–Crippen LogP) is 2.05. The number of aliphatic hydroxyl groups excluding tert-OH is 1. The second kappa shape index (κ2) is 9.75. The van der Waals surface area contributed by atoms with Crippen LogP contribution in [-0.2, 0) is 0 Å². The number of nitrogens with zero attached hydrogens (tertiary/aromatic N) is 1. The summed E-state index contributed by atoms with van der Waals surface area (Å²) in [5.74, 6) is 0.851. The molecule has 0 amide bonds. The van der Waals surface area contributed by atoms with Crippen molar-refractivity contribution >= 4 is 0 Å². The Labute approximate surface area is 122 Å². The summed E-state index contributed by atoms with van der Waals surface area (Å²) in [7, 11) is 0. The molecule has 4 heteroatoms. The molecule has 0 fully saturated rings. The summed E-state index contributed by atoms with van der Waals surface area (Å²) >= 11 is 0. The Morgan fingerprint density at radius 1 is 1.20 bits per heavy atom. The molecule has 0 saturated heterocycles. The molecule has 114 valence electrons. The topological polar surface area (TPSA) is 44.7 Å². The molecule has 1 aromatic rings. The number of nitrogens with one attached hydrogen (secondary N) is 1. The van der Waals surface area contributed by atoms with Crippen molar-refractivity contribution in [2.75, 3.05) is 39.4 Å². The van der Waals surface area contributed by atoms with E-state index in [0.29, 0.717) is 6.61 Å². The zero-order chi connectivity index (χ0) is 14.8. The SMILES string of the molecule is CCOc1ccccc1C(CO)NCCN(CC)CC. The highest BCUT2D eigenvalue weighted by molar-refractivity contribution is 5.36. The van der Waals surface area contributed by atoms with Crippen LogP contribution in [0.4, 0.5) is 0 Å². The van der Waals surface area contributed by atoms with Crippen molar-refractivity contribution in [1.82, 2.24) is 10.2 Å². The van der Waals surface area contributed by atoms with Gasteiger partial charge in [-0.2, -0.15) is 0 Å². The summed E-state index contributed by atoms with van der Waals surface area (Å²) in [5.41, 5.74) is 1.02. The van der Waals surface area contributed by atoms with Crippen molar-refractivity contribution < 1.29 is 9.84 Å². The third kappa shape index (κ3) is 5.12. The number of rotatable bonds is 10. The van der Waals surface area contributed by atoms with Gasteiger partial charge in [-0.25, -0.2) is 0 Å². The highest BCUT2D eigenvalue weighted by Gasteiger charge is 2.14. The van der Waals surface area contributed by atoms with Crippen LogP contribution in [0.2, 0.25) is 0 Å². The number of likely N-dealkylation sites (N-methyl/N-ethyl adjacent to an activating group) is 1. The molecule has 0 spiro atoms. The Bertz CT molecular complexity index is 367. The highest BCUT2D eigenvalue weighted by Crippen LogP contribution is 2.24. The van der Waals surface area contributed by atoms with Gasteiger partial charge in [-0.1, -0.05) is 32.0 Å². The first-order valence-electron chi connectivity index (χ1n) is 7.55. The van der Waals surface area contributed by atoms with Gasteiger partial charge in [0.15, 0.2) is 0 Å². The standard InChI is InChI=1S/C16H28N2O2/c1-4-18(5-2)12-11-17-15(13-19)14-9-7-8-10-16(14)20-6-3/h7-10,15,17,19H,4-6,11-13H2,1-3H3. The predicted molar refractivity (Wildman–Crippen MR) is 83.2 cm³/mol. The molecule has 1 atom stereocenters. The smallest absolute Gasteiger partial charge is 0.124 e. The van der Waals surface area contributed by atoms with Crippen LogP contribution in [0.15, 0.2) is 24.3 Å². The summed E-state index contributed by atoms with van der Waals surface area (Å²) in [6.07, 6.45) is 0. The fraction of sp³-hybridized carbons (Fsp3) is 0.625. The van der Waals surface area contributed by atoms with Crippen molar-refractivity contribution in [3.8, 4) is 5.75 Å². The lowest BCUT2D eigenvalue weighted by atomic mass is 10.1. The van der Waals surface area contributed by atoms with E-state index in [9.17, 15) is 5.11 Å². The van der Waals surface area contributed by atoms with Crippen molar-refractivity contribution in [1.29, 1.82) is 0 Å². The van der Waals surface area contributed by atoms with E-state index in [1.165, 1.54) is 0 Å². The molecule has 0 bridgehead atoms. The van der Waals surface area contributed by atoms with Crippen LogP contribution in [0, 0.1) is 0 Å². The molecule has 0 saturated carbocycles. The van der Waals surface area contributed by atoms with E-state index in [4.69, 9.17) is 4.74 Å². The van der Waals surface area contributed by atoms with Crippen LogP contribution >= 0.6 is 0 Å². The molecule has 20 heavy (non-hydrogen) atoms. The number of benzene rings is 1. The largest absolute Gasteiger partial charge is 0.494 e. The fourth-order valence-electron chi connectivity index (χ4n) is 2.26. The van der Waals surface area contributed by atoms with Crippen LogP contribution in [0.25, 0.3) is 0 Å². The molecule has 4 nitrogen and oxygen atoms in total. The van der Waals surface area contributed by atoms with Gasteiger partial charge in [-0.05, 0) is 26.1 Å². The van der Waals surface area contributed by atoms with E-state index in [2.05, 4.69) is 24.1 Å². The van der Waals surface area contributed by atoms with Crippen LogP contribution in [0.1, 0.15) is 32.4 Å². The minimum absolute atomic E-state index is 0.0718. The summed E-state index contributed by atoms with van der Waals surface area (Å²) in [4.78, 5) is 2.36. The average Bonchev–Trinajstić information content (AvgIpc) is 2.49. The van der Waals surface area contributed by atoms with Gasteiger partial charge in [-0.3, -0.25) is 0 Å². The Balaban J connectivity index is 2.61. The average molecular weight is 280 g/mol. The number of para-hydroxylation sites is 1. The van der Waals surface area contributed by atoms with Gasteiger partial charge >= 0.3 is 0 Å². The maximum absolute atomic E-state index is 9.62. The van der Waals surface area contributed by atoms with E-state index in [0.717, 1.165) is 37.5 Å². The molecule has 0 aliphatic rings. The first-order valence-corrected chi connectivity index (χ1v) is 7.55. The lowest BCUT2D eigenvalue weighted by Crippen LogP contribution is -2.34. The van der Waals surface area contributed by atoms with E-state index in [1.54, 1.807) is 0 Å². The summed E-state index contributed by atoms with van der Waals surface area (Å²) in [6.45, 7) is 11.0. The van der Waals surface area contributed by atoms with Gasteiger partial charge in [-0.15, -0.1) is 0 Å². The molecular formula is C16H28N2O2. The number of hydrogen-bond acceptors (Lipinski definition) is 4. The maximum Gasteiger partial charge on any atom is 0.124 e. The van der Waals surface area contributed by atoms with E-state index in [-0.39, 0.29) is 12.6 Å². The second-order valence-electron chi connectivity index (χ2n) is 4.69. The van der Waals surface area contributed by atoms with Crippen LogP contribution < -0.4 is 10.1 Å². The van der Waals surface area contributed by atoms with Gasteiger partial charge in [0.1, 0.15) is 5.75 Å². The summed E-state index contributed by atoms with van der Waals surface area (Å²) < 4.78 is 5.63. The van der Waals surface area contributed by atoms with E-state index >= 15 is 0 Å². The lowest BCUT2D eigenvalue weighted by Gasteiger charge is -2.23. The van der Waals surface area contributed by atoms with E-state index < -0.39 is 0 Å². The molecular weight excluding hydrogens is 252 g/mol. The lowest BCUT2D eigenvalue weighted by molar-refractivity contribution is 0.229. The fourth-order valence-corrected chi connectivity index (χ4v) is 2.26. The van der Waals surface area contributed by atoms with E-state index in [1.807, 2.05) is 31.2 Å². The van der Waals surface area contributed by atoms with Gasteiger partial charge in [0, 0.05) is 18.7 Å². The summed E-state index contributed by atoms with van der Waals surface area (Å²) in [6, 6.07) is 7.82. The molecule has 2 N–H and O–H groups in total. The van der Waals surface area contributed by atoms with Crippen molar-refractivity contribution in [2.45, 2.75) is 26.8 Å². The molecule has 0 aliphatic heterocycles. The molecule has 1 rings (SSSR count). The van der Waals surface area contributed by atoms with Crippen molar-refractivity contribution in [3.05, 3.63) is 29.8 Å². The first kappa shape index (κ1) is 17.0. The molecule has 0 aliphatic carbocycles. The Kier molecular flexibility index (Phi) is 8.26. The second-order valence-corrected chi connectivity index (χ2v) is 4.69. The van der Waals surface area contributed by atoms with Gasteiger partial charge in [0.25, 0.3) is 0 Å². The van der Waals surface area contributed by atoms with Crippen LogP contribution in [-0.4, -0.2) is 49.4 Å². The Hall–Kier alpha value is -1.10. The quantitative estimate of drug-likeness (QED) is 0.688. The number of aliphatic hydroxyl groups is 1. The zero-order valence-corrected chi connectivity index (χ0v) is 12.9.